The third kappa shape index (κ3) is 6.09. The SMILES string of the molecule is COc1ccc(-n2nnnc2C(F)(F)F)c(OC)c1CN1C[C@@H]2CN(C(=O)O)CCN2[C@H](C(c2ccccc2)c2ccccc2)C1. The molecular weight excluding hydrogens is 603 g/mol. The monoisotopic (exact) mass is 637 g/mol. The lowest BCUT2D eigenvalue weighted by Gasteiger charge is -2.53. The standard InChI is InChI=1S/C32H34F3N7O4/c1-45-27-14-13-25(42-30(32(33,34)35)36-37-38-42)29(46-2)24(27)19-39-17-23-18-40(31(43)44)15-16-41(23)26(20-39)28(21-9-5-3-6-10-21)22-11-7-4-8-12-22/h3-14,23,26,28H,15-20H2,1-2H3,(H,43,44)/t23-,26+/m1/s1. The molecule has 1 amide bonds. The summed E-state index contributed by atoms with van der Waals surface area (Å²) in [4.78, 5) is 18.1. The van der Waals surface area contributed by atoms with Gasteiger partial charge in [0.1, 0.15) is 11.4 Å². The number of aromatic nitrogens is 4. The number of benzene rings is 3. The molecule has 11 nitrogen and oxygen atoms in total. The lowest BCUT2D eigenvalue weighted by atomic mass is 9.81. The van der Waals surface area contributed by atoms with Crippen LogP contribution < -0.4 is 9.47 Å². The first-order valence-corrected chi connectivity index (χ1v) is 14.8. The van der Waals surface area contributed by atoms with Gasteiger partial charge in [0.05, 0.1) is 19.8 Å². The van der Waals surface area contributed by atoms with Gasteiger partial charge in [0, 0.05) is 57.3 Å². The normalized spacial score (nSPS) is 19.2. The molecule has 1 N–H and O–H groups in total. The summed E-state index contributed by atoms with van der Waals surface area (Å²) in [6.07, 6.45) is -5.76. The van der Waals surface area contributed by atoms with Gasteiger partial charge < -0.3 is 19.5 Å². The van der Waals surface area contributed by atoms with E-state index in [-0.39, 0.29) is 36.0 Å². The Hall–Kier alpha value is -4.69. The van der Waals surface area contributed by atoms with Gasteiger partial charge in [-0.25, -0.2) is 4.79 Å². The number of ether oxygens (including phenoxy) is 2. The van der Waals surface area contributed by atoms with Crippen molar-refractivity contribution < 1.29 is 32.5 Å². The summed E-state index contributed by atoms with van der Waals surface area (Å²) in [5.41, 5.74) is 2.82. The van der Waals surface area contributed by atoms with Crippen LogP contribution in [0.4, 0.5) is 18.0 Å². The van der Waals surface area contributed by atoms with Crippen LogP contribution in [0.5, 0.6) is 11.5 Å². The zero-order valence-corrected chi connectivity index (χ0v) is 25.3. The quantitative estimate of drug-likeness (QED) is 0.301. The first-order valence-electron chi connectivity index (χ1n) is 14.8. The predicted octanol–water partition coefficient (Wildman–Crippen LogP) is 4.38. The van der Waals surface area contributed by atoms with Crippen molar-refractivity contribution in [3.63, 3.8) is 0 Å². The van der Waals surface area contributed by atoms with Crippen LogP contribution in [0.1, 0.15) is 28.4 Å². The van der Waals surface area contributed by atoms with Crippen molar-refractivity contribution >= 4 is 6.09 Å². The number of methoxy groups -OCH3 is 2. The minimum absolute atomic E-state index is 0.0203. The number of piperazine rings is 2. The second kappa shape index (κ2) is 13.0. The third-order valence-corrected chi connectivity index (χ3v) is 8.79. The van der Waals surface area contributed by atoms with Crippen LogP contribution in [0.2, 0.25) is 0 Å². The summed E-state index contributed by atoms with van der Waals surface area (Å²) in [5, 5.41) is 20.0. The topological polar surface area (TPSA) is 109 Å². The van der Waals surface area contributed by atoms with E-state index in [0.717, 1.165) is 11.1 Å². The number of hydrogen-bond acceptors (Lipinski definition) is 8. The Labute approximate surface area is 263 Å². The molecule has 3 aromatic carbocycles. The van der Waals surface area contributed by atoms with Gasteiger partial charge >= 0.3 is 12.3 Å². The molecule has 1 aromatic heterocycles. The minimum Gasteiger partial charge on any atom is -0.496 e. The second-order valence-electron chi connectivity index (χ2n) is 11.4. The van der Waals surface area contributed by atoms with E-state index in [1.165, 1.54) is 25.2 Å². The number of tetrazole rings is 1. The van der Waals surface area contributed by atoms with E-state index in [9.17, 15) is 23.1 Å². The summed E-state index contributed by atoms with van der Waals surface area (Å²) in [7, 11) is 2.87. The van der Waals surface area contributed by atoms with E-state index in [4.69, 9.17) is 9.47 Å². The molecule has 3 heterocycles. The number of fused-ring (bicyclic) bond motifs is 1. The number of hydrogen-bond donors (Lipinski definition) is 1. The number of carboxylic acid groups (broad SMARTS) is 1. The molecule has 4 aromatic rings. The molecule has 0 saturated carbocycles. The number of amides is 1. The van der Waals surface area contributed by atoms with E-state index < -0.39 is 18.1 Å². The van der Waals surface area contributed by atoms with Crippen LogP contribution in [0.3, 0.4) is 0 Å². The molecule has 2 saturated heterocycles. The predicted molar refractivity (Wildman–Crippen MR) is 161 cm³/mol. The molecule has 0 aliphatic carbocycles. The Kier molecular flexibility index (Phi) is 8.82. The Morgan fingerprint density at radius 3 is 2.20 bits per heavy atom. The lowest BCUT2D eigenvalue weighted by molar-refractivity contribution is -0.146. The molecule has 0 unspecified atom stereocenters. The molecule has 14 heteroatoms. The number of carbonyl (C=O) groups is 1. The Balaban J connectivity index is 1.42. The smallest absolute Gasteiger partial charge is 0.453 e. The van der Waals surface area contributed by atoms with Gasteiger partial charge in [0.25, 0.3) is 5.82 Å². The summed E-state index contributed by atoms with van der Waals surface area (Å²) >= 11 is 0. The molecule has 0 bridgehead atoms. The van der Waals surface area contributed by atoms with E-state index in [1.54, 1.807) is 6.07 Å². The average Bonchev–Trinajstić information content (AvgIpc) is 3.56. The van der Waals surface area contributed by atoms with Crippen LogP contribution in [0.15, 0.2) is 72.8 Å². The molecule has 2 atom stereocenters. The average molecular weight is 638 g/mol. The summed E-state index contributed by atoms with van der Waals surface area (Å²) in [5.74, 6) is -0.732. The molecule has 0 radical (unpaired) electrons. The summed E-state index contributed by atoms with van der Waals surface area (Å²) in [6.45, 7) is 2.67. The van der Waals surface area contributed by atoms with Crippen LogP contribution in [-0.4, -0.2) is 105 Å². The number of halogens is 3. The molecular formula is C32H34F3N7O4. The third-order valence-electron chi connectivity index (χ3n) is 8.79. The maximum atomic E-state index is 13.8. The molecule has 242 valence electrons. The fourth-order valence-corrected chi connectivity index (χ4v) is 6.85. The lowest BCUT2D eigenvalue weighted by Crippen LogP contribution is -2.67. The zero-order chi connectivity index (χ0) is 32.4. The van der Waals surface area contributed by atoms with Crippen molar-refractivity contribution in [2.45, 2.75) is 30.7 Å². The van der Waals surface area contributed by atoms with Gasteiger partial charge in [-0.15, -0.1) is 5.10 Å². The number of alkyl halides is 3. The molecule has 46 heavy (non-hydrogen) atoms. The first kappa shape index (κ1) is 31.3. The highest BCUT2D eigenvalue weighted by Crippen LogP contribution is 2.40. The highest BCUT2D eigenvalue weighted by molar-refractivity contribution is 5.65. The van der Waals surface area contributed by atoms with E-state index in [0.29, 0.717) is 48.7 Å². The van der Waals surface area contributed by atoms with Crippen molar-refractivity contribution in [1.82, 2.24) is 34.9 Å². The molecule has 6 rings (SSSR count). The van der Waals surface area contributed by atoms with Crippen LogP contribution >= 0.6 is 0 Å². The molecule has 2 aliphatic rings. The first-order chi connectivity index (χ1) is 22.2. The van der Waals surface area contributed by atoms with Crippen LogP contribution in [-0.2, 0) is 12.7 Å². The minimum atomic E-state index is -4.79. The molecule has 2 aliphatic heterocycles. The van der Waals surface area contributed by atoms with Crippen molar-refractivity contribution in [2.75, 3.05) is 46.9 Å². The van der Waals surface area contributed by atoms with Gasteiger partial charge in [0.15, 0.2) is 5.75 Å². The zero-order valence-electron chi connectivity index (χ0n) is 25.3. The highest BCUT2D eigenvalue weighted by atomic mass is 19.4. The van der Waals surface area contributed by atoms with Gasteiger partial charge in [-0.05, 0) is 33.7 Å². The maximum absolute atomic E-state index is 13.8. The van der Waals surface area contributed by atoms with Gasteiger partial charge in [-0.3, -0.25) is 9.80 Å². The van der Waals surface area contributed by atoms with Gasteiger partial charge in [-0.2, -0.15) is 17.9 Å². The van der Waals surface area contributed by atoms with Crippen LogP contribution in [0, 0.1) is 0 Å². The second-order valence-corrected chi connectivity index (χ2v) is 11.4. The Bertz CT molecular complexity index is 1620. The van der Waals surface area contributed by atoms with E-state index in [2.05, 4.69) is 49.6 Å². The van der Waals surface area contributed by atoms with Crippen molar-refractivity contribution in [1.29, 1.82) is 0 Å². The molecule has 0 spiro atoms. The van der Waals surface area contributed by atoms with Crippen molar-refractivity contribution in [3.05, 3.63) is 95.3 Å². The summed E-state index contributed by atoms with van der Waals surface area (Å²) < 4.78 is 53.4. The van der Waals surface area contributed by atoms with Crippen LogP contribution in [0.25, 0.3) is 5.69 Å². The number of nitrogens with zero attached hydrogens (tertiary/aromatic N) is 7. The maximum Gasteiger partial charge on any atom is 0.453 e. The fourth-order valence-electron chi connectivity index (χ4n) is 6.85. The van der Waals surface area contributed by atoms with Crippen molar-refractivity contribution in [2.24, 2.45) is 0 Å². The van der Waals surface area contributed by atoms with E-state index in [1.807, 2.05) is 36.4 Å². The van der Waals surface area contributed by atoms with Gasteiger partial charge in [-0.1, -0.05) is 60.7 Å². The summed E-state index contributed by atoms with van der Waals surface area (Å²) in [6, 6.07) is 23.3. The Morgan fingerprint density at radius 1 is 0.935 bits per heavy atom. The highest BCUT2D eigenvalue weighted by Gasteiger charge is 2.44. The number of rotatable bonds is 8. The molecule has 2 fully saturated rings. The van der Waals surface area contributed by atoms with Crippen molar-refractivity contribution in [3.8, 4) is 17.2 Å². The Morgan fingerprint density at radius 2 is 1.61 bits per heavy atom. The van der Waals surface area contributed by atoms with Gasteiger partial charge in [0.2, 0.25) is 0 Å². The fraction of sp³-hybridized carbons (Fsp3) is 0.375. The van der Waals surface area contributed by atoms with E-state index >= 15 is 0 Å². The largest absolute Gasteiger partial charge is 0.496 e.